The Kier molecular flexibility index (Phi) is 8.38. The van der Waals surface area contributed by atoms with Crippen LogP contribution in [0.1, 0.15) is 73.4 Å². The van der Waals surface area contributed by atoms with Crippen molar-refractivity contribution in [1.82, 2.24) is 9.97 Å². The molecule has 2 heterocycles. The minimum absolute atomic E-state index is 0. The molecule has 1 aliphatic carbocycles. The number of fused-ring (bicyclic) bond motifs is 3. The molecule has 1 aliphatic rings. The normalized spacial score (nSPS) is 15.5. The molecule has 0 amide bonds. The van der Waals surface area contributed by atoms with Crippen LogP contribution >= 0.6 is 0 Å². The molecule has 0 N–H and O–H groups in total. The maximum Gasteiger partial charge on any atom is 0.0321 e. The van der Waals surface area contributed by atoms with E-state index in [1.54, 1.807) is 18.3 Å². The van der Waals surface area contributed by atoms with E-state index in [0.29, 0.717) is 22.4 Å². The predicted octanol–water partition coefficient (Wildman–Crippen LogP) is 12.9. The molecule has 0 unspecified atom stereocenters. The molecule has 2 aromatic heterocycles. The van der Waals surface area contributed by atoms with Gasteiger partial charge in [-0.15, -0.1) is 65.2 Å². The van der Waals surface area contributed by atoms with Crippen molar-refractivity contribution >= 4 is 0 Å². The first-order valence-corrected chi connectivity index (χ1v) is 17.5. The van der Waals surface area contributed by atoms with Crippen LogP contribution < -0.4 is 0 Å². The summed E-state index contributed by atoms with van der Waals surface area (Å²) in [6.07, 6.45) is 1.75. The number of aryl methyl sites for hydroxylation is 2. The van der Waals surface area contributed by atoms with E-state index in [1.807, 2.05) is 99.6 Å². The summed E-state index contributed by atoms with van der Waals surface area (Å²) in [5, 5.41) is 0. The Labute approximate surface area is 341 Å². The fourth-order valence-corrected chi connectivity index (χ4v) is 6.79. The summed E-state index contributed by atoms with van der Waals surface area (Å²) in [6, 6.07) is 46.7. The van der Waals surface area contributed by atoms with Crippen LogP contribution in [0, 0.1) is 31.3 Å². The zero-order chi connectivity index (χ0) is 43.3. The van der Waals surface area contributed by atoms with E-state index < -0.39 is 25.5 Å². The maximum absolute atomic E-state index is 8.39. The predicted molar refractivity (Wildman–Crippen MR) is 218 cm³/mol. The van der Waals surface area contributed by atoms with E-state index in [1.165, 1.54) is 29.5 Å². The first-order valence-electron chi connectivity index (χ1n) is 21.5. The van der Waals surface area contributed by atoms with Gasteiger partial charge in [0.05, 0.1) is 0 Å². The molecule has 0 saturated heterocycles. The fourth-order valence-electron chi connectivity index (χ4n) is 6.79. The molecule has 0 saturated carbocycles. The first-order chi connectivity index (χ1) is 28.2. The van der Waals surface area contributed by atoms with E-state index in [0.717, 1.165) is 39.1 Å². The van der Waals surface area contributed by atoms with E-state index in [2.05, 4.69) is 60.2 Å². The monoisotopic (exact) mass is 875 g/mol. The number of pyridine rings is 2. The number of benzene rings is 5. The molecule has 2 nitrogen and oxygen atoms in total. The number of hydrogen-bond acceptors (Lipinski definition) is 2. The Hall–Kier alpha value is -4.95. The smallest absolute Gasteiger partial charge is 0.0321 e. The van der Waals surface area contributed by atoms with Crippen LogP contribution in [0.25, 0.3) is 55.9 Å². The van der Waals surface area contributed by atoms with Gasteiger partial charge in [0, 0.05) is 48.9 Å². The standard InChI is InChI=1S/C28H24N.C22H22N.Ir/c1-18-9-14-27(29-17-18)21-11-10-19(2)24(15-21)20-12-13-23-22-7-5-6-8-25(22)28(3,4)26(23)16-20;1-22(2,3)16-17-9-11-18(12-10-17)20-13-14-23-21(15-20)19-7-5-4-6-8-19;/h5-10,12-17H,1-4H3;4-7,9-15H,16H2,1-3H3;/q2*-1;/i1D3,2D3;16D2;. The molecule has 8 rings (SSSR count). The van der Waals surface area contributed by atoms with Gasteiger partial charge in [-0.3, -0.25) is 0 Å². The number of hydrogen-bond donors (Lipinski definition) is 0. The minimum atomic E-state index is -2.32. The van der Waals surface area contributed by atoms with Gasteiger partial charge < -0.3 is 9.97 Å². The maximum atomic E-state index is 8.39. The Bertz CT molecular complexity index is 2640. The Morgan fingerprint density at radius 1 is 0.660 bits per heavy atom. The van der Waals surface area contributed by atoms with Crippen molar-refractivity contribution in [2.45, 2.75) is 60.1 Å². The summed E-state index contributed by atoms with van der Waals surface area (Å²) in [5.74, 6) is 0. The zero-order valence-corrected chi connectivity index (χ0v) is 32.9. The molecule has 0 bridgehead atoms. The molecule has 3 heteroatoms. The summed E-state index contributed by atoms with van der Waals surface area (Å²) >= 11 is 0. The van der Waals surface area contributed by atoms with Crippen LogP contribution in [0.2, 0.25) is 0 Å². The van der Waals surface area contributed by atoms with E-state index in [9.17, 15) is 0 Å². The quantitative estimate of drug-likeness (QED) is 0.161. The van der Waals surface area contributed by atoms with Crippen LogP contribution in [0.15, 0.2) is 140 Å². The molecule has 5 aromatic carbocycles. The van der Waals surface area contributed by atoms with Crippen LogP contribution in [0.3, 0.4) is 0 Å². The van der Waals surface area contributed by atoms with Gasteiger partial charge in [0.15, 0.2) is 0 Å². The first kappa shape index (κ1) is 28.5. The molecule has 0 fully saturated rings. The summed E-state index contributed by atoms with van der Waals surface area (Å²) in [4.78, 5) is 8.75. The molecule has 0 atom stereocenters. The van der Waals surface area contributed by atoms with Crippen molar-refractivity contribution in [2.75, 3.05) is 0 Å². The second-order valence-corrected chi connectivity index (χ2v) is 14.7. The summed E-state index contributed by atoms with van der Waals surface area (Å²) < 4.78 is 63.8. The average Bonchev–Trinajstić information content (AvgIpc) is 3.45. The Morgan fingerprint density at radius 2 is 1.43 bits per heavy atom. The summed E-state index contributed by atoms with van der Waals surface area (Å²) in [6.45, 7) is 5.59. The number of rotatable bonds is 5. The number of nitrogens with zero attached hydrogens (tertiary/aromatic N) is 2. The van der Waals surface area contributed by atoms with E-state index in [-0.39, 0.29) is 36.6 Å². The Balaban J connectivity index is 0.000000212. The van der Waals surface area contributed by atoms with Crippen LogP contribution in [-0.2, 0) is 31.9 Å². The third kappa shape index (κ3) is 8.33. The molecular formula is C50H46IrN2-2. The van der Waals surface area contributed by atoms with Gasteiger partial charge in [-0.1, -0.05) is 132 Å². The van der Waals surface area contributed by atoms with Crippen molar-refractivity contribution in [3.05, 3.63) is 180 Å². The van der Waals surface area contributed by atoms with Gasteiger partial charge in [0.1, 0.15) is 0 Å². The van der Waals surface area contributed by atoms with E-state index in [4.69, 9.17) is 11.0 Å². The van der Waals surface area contributed by atoms with Gasteiger partial charge >= 0.3 is 0 Å². The number of aromatic nitrogens is 2. The van der Waals surface area contributed by atoms with Gasteiger partial charge in [0.2, 0.25) is 0 Å². The second-order valence-electron chi connectivity index (χ2n) is 14.7. The summed E-state index contributed by atoms with van der Waals surface area (Å²) in [7, 11) is 0. The molecule has 1 radical (unpaired) electrons. The van der Waals surface area contributed by atoms with Crippen LogP contribution in [-0.4, -0.2) is 9.97 Å². The minimum Gasteiger partial charge on any atom is -0.305 e. The topological polar surface area (TPSA) is 25.8 Å². The van der Waals surface area contributed by atoms with Crippen molar-refractivity contribution in [2.24, 2.45) is 5.41 Å². The van der Waals surface area contributed by atoms with Gasteiger partial charge in [-0.2, -0.15) is 0 Å². The van der Waals surface area contributed by atoms with Gasteiger partial charge in [0.25, 0.3) is 0 Å². The fraction of sp³-hybridized carbons (Fsp3) is 0.200. The van der Waals surface area contributed by atoms with E-state index >= 15 is 0 Å². The van der Waals surface area contributed by atoms with Gasteiger partial charge in [-0.25, -0.2) is 0 Å². The molecule has 53 heavy (non-hydrogen) atoms. The average molecular weight is 875 g/mol. The van der Waals surface area contributed by atoms with Crippen LogP contribution in [0.5, 0.6) is 0 Å². The summed E-state index contributed by atoms with van der Waals surface area (Å²) in [5.41, 5.74) is 11.7. The van der Waals surface area contributed by atoms with Crippen molar-refractivity contribution in [3.8, 4) is 55.9 Å². The van der Waals surface area contributed by atoms with Crippen LogP contribution in [0.4, 0.5) is 0 Å². The Morgan fingerprint density at radius 3 is 2.15 bits per heavy atom. The zero-order valence-electron chi connectivity index (χ0n) is 38.5. The largest absolute Gasteiger partial charge is 0.305 e. The van der Waals surface area contributed by atoms with Gasteiger partial charge in [-0.05, 0) is 86.2 Å². The van der Waals surface area contributed by atoms with Crippen molar-refractivity contribution in [3.63, 3.8) is 0 Å². The molecule has 0 spiro atoms. The van der Waals surface area contributed by atoms with Crippen molar-refractivity contribution in [1.29, 1.82) is 0 Å². The molecule has 0 aliphatic heterocycles. The third-order valence-electron chi connectivity index (χ3n) is 9.37. The second kappa shape index (κ2) is 15.6. The van der Waals surface area contributed by atoms with Crippen molar-refractivity contribution < 1.29 is 31.1 Å². The third-order valence-corrected chi connectivity index (χ3v) is 9.37. The molecular weight excluding hydrogens is 821 g/mol. The SMILES string of the molecule is [2H]C([2H])([2H])c1ccc(-c2[c-]cc(C([2H])([2H])[2H])c(-c3ccc4c(c3)C(C)(C)c3ccccc3-4)c2)nc1.[2H]C([2H])(c1ccc(-c2ccnc(-c3[c-]cccc3)c2)cc1)C(C)(C)C.[Ir]. The molecule has 267 valence electrons. The molecule has 7 aromatic rings.